The van der Waals surface area contributed by atoms with Gasteiger partial charge in [0.05, 0.1) is 23.0 Å². The predicted octanol–water partition coefficient (Wildman–Crippen LogP) is 3.57. The number of anilines is 1. The van der Waals surface area contributed by atoms with Crippen LogP contribution in [0.3, 0.4) is 0 Å². The number of nitrogens with zero attached hydrogens (tertiary/aromatic N) is 2. The molecule has 0 fully saturated rings. The van der Waals surface area contributed by atoms with Gasteiger partial charge in [0.1, 0.15) is 0 Å². The molecule has 0 saturated carbocycles. The summed E-state index contributed by atoms with van der Waals surface area (Å²) in [6, 6.07) is 11.6. The third-order valence-electron chi connectivity index (χ3n) is 2.73. The Balaban J connectivity index is 1.76. The summed E-state index contributed by atoms with van der Waals surface area (Å²) >= 11 is 3.33. The zero-order valence-electron chi connectivity index (χ0n) is 10.9. The van der Waals surface area contributed by atoms with Crippen LogP contribution in [-0.2, 0) is 5.75 Å². The van der Waals surface area contributed by atoms with Crippen molar-refractivity contribution in [3.63, 3.8) is 0 Å². The van der Waals surface area contributed by atoms with Gasteiger partial charge in [0.15, 0.2) is 4.34 Å². The molecule has 0 unspecified atom stereocenters. The lowest BCUT2D eigenvalue weighted by molar-refractivity contribution is 0.397. The van der Waals surface area contributed by atoms with Crippen molar-refractivity contribution in [1.82, 2.24) is 9.97 Å². The van der Waals surface area contributed by atoms with Crippen LogP contribution < -0.4 is 10.5 Å². The minimum atomic E-state index is 0.639. The van der Waals surface area contributed by atoms with Crippen molar-refractivity contribution in [2.24, 2.45) is 0 Å². The Hall–Kier alpha value is -1.79. The van der Waals surface area contributed by atoms with E-state index in [0.29, 0.717) is 5.88 Å². The average Bonchev–Trinajstić information content (AvgIpc) is 2.87. The first-order chi connectivity index (χ1) is 9.74. The van der Waals surface area contributed by atoms with Crippen molar-refractivity contribution in [2.45, 2.75) is 10.1 Å². The highest BCUT2D eigenvalue weighted by Crippen LogP contribution is 2.32. The molecule has 4 nitrogen and oxygen atoms in total. The number of benzene rings is 1. The lowest BCUT2D eigenvalue weighted by Crippen LogP contribution is -1.91. The second kappa shape index (κ2) is 5.68. The molecule has 102 valence electrons. The predicted molar refractivity (Wildman–Crippen MR) is 84.4 cm³/mol. The lowest BCUT2D eigenvalue weighted by atomic mass is 10.3. The number of thiazole rings is 1. The van der Waals surface area contributed by atoms with Gasteiger partial charge < -0.3 is 10.5 Å². The number of hydrogen-bond donors (Lipinski definition) is 1. The smallest absolute Gasteiger partial charge is 0.213 e. The molecule has 3 aromatic rings. The molecule has 0 spiro atoms. The van der Waals surface area contributed by atoms with Crippen LogP contribution in [0.5, 0.6) is 5.88 Å². The van der Waals surface area contributed by atoms with Gasteiger partial charge >= 0.3 is 0 Å². The van der Waals surface area contributed by atoms with E-state index in [9.17, 15) is 0 Å². The van der Waals surface area contributed by atoms with E-state index in [1.165, 1.54) is 0 Å². The maximum atomic E-state index is 5.78. The van der Waals surface area contributed by atoms with Crippen LogP contribution in [0.1, 0.15) is 5.69 Å². The average molecular weight is 303 g/mol. The Morgan fingerprint density at radius 3 is 3.00 bits per heavy atom. The van der Waals surface area contributed by atoms with Crippen molar-refractivity contribution < 1.29 is 4.74 Å². The summed E-state index contributed by atoms with van der Waals surface area (Å²) in [7, 11) is 1.62. The van der Waals surface area contributed by atoms with Gasteiger partial charge in [0, 0.05) is 17.5 Å². The van der Waals surface area contributed by atoms with Crippen molar-refractivity contribution in [3.8, 4) is 5.88 Å². The number of hydrogen-bond acceptors (Lipinski definition) is 6. The maximum absolute atomic E-state index is 5.78. The molecule has 2 aromatic heterocycles. The Bertz CT molecular complexity index is 742. The minimum absolute atomic E-state index is 0.639. The maximum Gasteiger partial charge on any atom is 0.213 e. The van der Waals surface area contributed by atoms with Gasteiger partial charge in [-0.05, 0) is 24.3 Å². The van der Waals surface area contributed by atoms with E-state index in [1.54, 1.807) is 30.2 Å². The molecular formula is C14H13N3OS2. The van der Waals surface area contributed by atoms with E-state index in [-0.39, 0.29) is 0 Å². The quantitative estimate of drug-likeness (QED) is 0.589. The number of pyridine rings is 1. The van der Waals surface area contributed by atoms with E-state index >= 15 is 0 Å². The summed E-state index contributed by atoms with van der Waals surface area (Å²) < 4.78 is 7.26. The number of nitrogens with two attached hydrogens (primary N) is 1. The van der Waals surface area contributed by atoms with Crippen LogP contribution >= 0.6 is 23.1 Å². The van der Waals surface area contributed by atoms with Crippen LogP contribution in [0.25, 0.3) is 10.2 Å². The molecule has 0 atom stereocenters. The van der Waals surface area contributed by atoms with E-state index < -0.39 is 0 Å². The van der Waals surface area contributed by atoms with Crippen LogP contribution in [0, 0.1) is 0 Å². The van der Waals surface area contributed by atoms with Crippen LogP contribution in [0.15, 0.2) is 40.7 Å². The third-order valence-corrected chi connectivity index (χ3v) is 4.92. The Morgan fingerprint density at radius 2 is 2.15 bits per heavy atom. The number of ether oxygens (including phenoxy) is 1. The largest absolute Gasteiger partial charge is 0.481 e. The highest BCUT2D eigenvalue weighted by atomic mass is 32.2. The number of aromatic nitrogens is 2. The van der Waals surface area contributed by atoms with Gasteiger partial charge in [-0.1, -0.05) is 17.8 Å². The van der Waals surface area contributed by atoms with E-state index in [2.05, 4.69) is 9.97 Å². The summed E-state index contributed by atoms with van der Waals surface area (Å²) in [5, 5.41) is 0. The van der Waals surface area contributed by atoms with Gasteiger partial charge in [0.25, 0.3) is 0 Å². The monoisotopic (exact) mass is 303 g/mol. The highest BCUT2D eigenvalue weighted by molar-refractivity contribution is 8.00. The molecule has 0 aliphatic rings. The number of nitrogen functional groups attached to an aromatic ring is 1. The molecule has 0 bridgehead atoms. The first-order valence-electron chi connectivity index (χ1n) is 6.03. The minimum Gasteiger partial charge on any atom is -0.481 e. The molecule has 2 N–H and O–H groups in total. The molecule has 6 heteroatoms. The van der Waals surface area contributed by atoms with Crippen molar-refractivity contribution in [3.05, 3.63) is 42.1 Å². The van der Waals surface area contributed by atoms with Gasteiger partial charge in [0.2, 0.25) is 5.88 Å². The molecule has 2 heterocycles. The highest BCUT2D eigenvalue weighted by Gasteiger charge is 2.06. The molecular weight excluding hydrogens is 290 g/mol. The van der Waals surface area contributed by atoms with Gasteiger partial charge in [-0.3, -0.25) is 0 Å². The first-order valence-corrected chi connectivity index (χ1v) is 7.83. The summed E-state index contributed by atoms with van der Waals surface area (Å²) in [4.78, 5) is 8.97. The molecule has 0 radical (unpaired) electrons. The Labute approximate surface area is 125 Å². The fourth-order valence-electron chi connectivity index (χ4n) is 1.77. The zero-order valence-corrected chi connectivity index (χ0v) is 12.5. The van der Waals surface area contributed by atoms with E-state index in [4.69, 9.17) is 10.5 Å². The van der Waals surface area contributed by atoms with E-state index in [0.717, 1.165) is 31.7 Å². The fraction of sp³-hybridized carbons (Fsp3) is 0.143. The summed E-state index contributed by atoms with van der Waals surface area (Å²) in [6.07, 6.45) is 0. The SMILES string of the molecule is COc1cccc(CSc2nc3ccc(N)cc3s2)n1. The second-order valence-corrected chi connectivity index (χ2v) is 6.42. The molecule has 3 rings (SSSR count). The summed E-state index contributed by atoms with van der Waals surface area (Å²) in [5.74, 6) is 1.41. The third kappa shape index (κ3) is 2.86. The van der Waals surface area contributed by atoms with Crippen LogP contribution in [0.2, 0.25) is 0 Å². The van der Waals surface area contributed by atoms with Crippen molar-refractivity contribution in [2.75, 3.05) is 12.8 Å². The summed E-state index contributed by atoms with van der Waals surface area (Å²) in [6.45, 7) is 0. The first kappa shape index (κ1) is 13.2. The topological polar surface area (TPSA) is 61.0 Å². The number of rotatable bonds is 4. The number of thioether (sulfide) groups is 1. The fourth-order valence-corrected chi connectivity index (χ4v) is 3.79. The molecule has 0 saturated heterocycles. The Kier molecular flexibility index (Phi) is 3.75. The van der Waals surface area contributed by atoms with Crippen molar-refractivity contribution in [1.29, 1.82) is 0 Å². The molecule has 0 aliphatic carbocycles. The van der Waals surface area contributed by atoms with Gasteiger partial charge in [-0.2, -0.15) is 0 Å². The normalized spacial score (nSPS) is 10.8. The lowest BCUT2D eigenvalue weighted by Gasteiger charge is -2.01. The standard InChI is InChI=1S/C14H13N3OS2/c1-18-13-4-2-3-10(16-13)8-19-14-17-11-6-5-9(15)7-12(11)20-14/h2-7H,8,15H2,1H3. The van der Waals surface area contributed by atoms with E-state index in [1.807, 2.05) is 36.4 Å². The molecule has 20 heavy (non-hydrogen) atoms. The Morgan fingerprint density at radius 1 is 1.25 bits per heavy atom. The molecule has 0 amide bonds. The van der Waals surface area contributed by atoms with Crippen LogP contribution in [-0.4, -0.2) is 17.1 Å². The number of methoxy groups -OCH3 is 1. The zero-order chi connectivity index (χ0) is 13.9. The van der Waals surface area contributed by atoms with Gasteiger partial charge in [-0.15, -0.1) is 11.3 Å². The summed E-state index contributed by atoms with van der Waals surface area (Å²) in [5.41, 5.74) is 8.52. The van der Waals surface area contributed by atoms with Crippen LogP contribution in [0.4, 0.5) is 5.69 Å². The molecule has 1 aromatic carbocycles. The molecule has 0 aliphatic heterocycles. The van der Waals surface area contributed by atoms with Crippen molar-refractivity contribution >= 4 is 39.0 Å². The second-order valence-electron chi connectivity index (χ2n) is 4.17. The number of fused-ring (bicyclic) bond motifs is 1. The van der Waals surface area contributed by atoms with Gasteiger partial charge in [-0.25, -0.2) is 9.97 Å².